The van der Waals surface area contributed by atoms with Crippen LogP contribution in [0.15, 0.2) is 100 Å². The van der Waals surface area contributed by atoms with E-state index in [4.69, 9.17) is 9.15 Å². The van der Waals surface area contributed by atoms with Crippen LogP contribution in [0.2, 0.25) is 0 Å². The van der Waals surface area contributed by atoms with Crippen LogP contribution in [0.3, 0.4) is 0 Å². The molecular weight excluding hydrogens is 488 g/mol. The normalized spacial score (nSPS) is 12.3. The van der Waals surface area contributed by atoms with Gasteiger partial charge in [-0.1, -0.05) is 60.7 Å². The Bertz CT molecular complexity index is 1470. The second kappa shape index (κ2) is 12.4. The Kier molecular flexibility index (Phi) is 8.50. The molecule has 2 atom stereocenters. The van der Waals surface area contributed by atoms with Gasteiger partial charge >= 0.3 is 11.6 Å². The molecule has 0 aliphatic rings. The molecular formula is C29H26N2O7. The minimum absolute atomic E-state index is 0.0924. The molecule has 0 saturated heterocycles. The summed E-state index contributed by atoms with van der Waals surface area (Å²) in [4.78, 5) is 49.3. The monoisotopic (exact) mass is 514 g/mol. The number of hydrogen-bond donors (Lipinski definition) is 3. The van der Waals surface area contributed by atoms with Crippen molar-refractivity contribution in [1.29, 1.82) is 0 Å². The summed E-state index contributed by atoms with van der Waals surface area (Å²) < 4.78 is 10.7. The summed E-state index contributed by atoms with van der Waals surface area (Å²) >= 11 is 0. The van der Waals surface area contributed by atoms with Crippen molar-refractivity contribution < 1.29 is 28.6 Å². The van der Waals surface area contributed by atoms with E-state index in [-0.39, 0.29) is 12.8 Å². The summed E-state index contributed by atoms with van der Waals surface area (Å²) in [6, 6.07) is 23.5. The van der Waals surface area contributed by atoms with E-state index in [1.807, 2.05) is 36.4 Å². The summed E-state index contributed by atoms with van der Waals surface area (Å²) in [5, 5.41) is 15.6. The third kappa shape index (κ3) is 7.30. The van der Waals surface area contributed by atoms with Crippen LogP contribution in [0.25, 0.3) is 11.0 Å². The van der Waals surface area contributed by atoms with E-state index in [9.17, 15) is 24.3 Å². The molecule has 1 heterocycles. The molecule has 0 aliphatic heterocycles. The highest BCUT2D eigenvalue weighted by molar-refractivity contribution is 5.91. The first kappa shape index (κ1) is 26.2. The van der Waals surface area contributed by atoms with Crippen molar-refractivity contribution in [2.24, 2.45) is 0 Å². The lowest BCUT2D eigenvalue weighted by Gasteiger charge is -2.22. The highest BCUT2D eigenvalue weighted by Gasteiger charge is 2.27. The Labute approximate surface area is 218 Å². The molecule has 3 N–H and O–H groups in total. The van der Waals surface area contributed by atoms with Gasteiger partial charge in [-0.3, -0.25) is 9.59 Å². The number of carbonyl (C=O) groups is 3. The van der Waals surface area contributed by atoms with Gasteiger partial charge in [-0.15, -0.1) is 0 Å². The van der Waals surface area contributed by atoms with Gasteiger partial charge in [0.15, 0.2) is 6.61 Å². The van der Waals surface area contributed by atoms with E-state index in [1.54, 1.807) is 42.5 Å². The van der Waals surface area contributed by atoms with E-state index in [0.717, 1.165) is 11.1 Å². The second-order valence-corrected chi connectivity index (χ2v) is 8.64. The number of rotatable bonds is 11. The van der Waals surface area contributed by atoms with Gasteiger partial charge in [-0.05, 0) is 29.3 Å². The Hall–Kier alpha value is -4.92. The lowest BCUT2D eigenvalue weighted by molar-refractivity contribution is -0.142. The molecule has 0 aliphatic carbocycles. The number of carbonyl (C=O) groups excluding carboxylic acids is 2. The summed E-state index contributed by atoms with van der Waals surface area (Å²) in [5.74, 6) is -2.08. The molecule has 0 bridgehead atoms. The lowest BCUT2D eigenvalue weighted by Crippen LogP contribution is -2.53. The van der Waals surface area contributed by atoms with Gasteiger partial charge in [0.05, 0.1) is 0 Å². The van der Waals surface area contributed by atoms with Crippen molar-refractivity contribution in [2.45, 2.75) is 24.9 Å². The number of amides is 2. The van der Waals surface area contributed by atoms with Crippen molar-refractivity contribution in [2.75, 3.05) is 6.61 Å². The van der Waals surface area contributed by atoms with Crippen molar-refractivity contribution in [1.82, 2.24) is 10.6 Å². The van der Waals surface area contributed by atoms with Gasteiger partial charge in [0.25, 0.3) is 5.91 Å². The first-order chi connectivity index (χ1) is 18.4. The molecule has 0 saturated carbocycles. The molecule has 0 spiro atoms. The van der Waals surface area contributed by atoms with E-state index in [1.165, 1.54) is 12.1 Å². The van der Waals surface area contributed by atoms with Crippen molar-refractivity contribution in [3.05, 3.63) is 113 Å². The average Bonchev–Trinajstić information content (AvgIpc) is 2.92. The molecule has 0 radical (unpaired) electrons. The van der Waals surface area contributed by atoms with Gasteiger partial charge in [0.1, 0.15) is 23.4 Å². The van der Waals surface area contributed by atoms with Crippen LogP contribution in [-0.2, 0) is 27.2 Å². The highest BCUT2D eigenvalue weighted by Crippen LogP contribution is 2.19. The van der Waals surface area contributed by atoms with Gasteiger partial charge in [-0.2, -0.15) is 0 Å². The topological polar surface area (TPSA) is 135 Å². The minimum atomic E-state index is -1.18. The molecule has 2 amide bonds. The summed E-state index contributed by atoms with van der Waals surface area (Å²) in [6.07, 6.45) is 0.242. The molecule has 4 aromatic rings. The lowest BCUT2D eigenvalue weighted by atomic mass is 10.0. The number of benzene rings is 3. The zero-order valence-electron chi connectivity index (χ0n) is 20.3. The summed E-state index contributed by atoms with van der Waals surface area (Å²) in [5.41, 5.74) is 1.35. The van der Waals surface area contributed by atoms with E-state index in [0.29, 0.717) is 16.7 Å². The predicted octanol–water partition coefficient (Wildman–Crippen LogP) is 2.71. The van der Waals surface area contributed by atoms with E-state index >= 15 is 0 Å². The minimum Gasteiger partial charge on any atom is -0.484 e. The fourth-order valence-corrected chi connectivity index (χ4v) is 3.90. The van der Waals surface area contributed by atoms with Crippen LogP contribution in [0.5, 0.6) is 5.75 Å². The molecule has 3 aromatic carbocycles. The van der Waals surface area contributed by atoms with Gasteiger partial charge in [-0.25, -0.2) is 9.59 Å². The van der Waals surface area contributed by atoms with Crippen LogP contribution in [0.4, 0.5) is 0 Å². The number of hydrogen-bond acceptors (Lipinski definition) is 6. The zero-order valence-corrected chi connectivity index (χ0v) is 20.3. The number of carboxylic acids is 1. The van der Waals surface area contributed by atoms with Gasteiger partial charge in [0.2, 0.25) is 5.91 Å². The van der Waals surface area contributed by atoms with E-state index in [2.05, 4.69) is 10.6 Å². The molecule has 194 valence electrons. The number of carboxylic acid groups (broad SMARTS) is 1. The van der Waals surface area contributed by atoms with Gasteiger partial charge < -0.3 is 24.9 Å². The molecule has 9 heteroatoms. The summed E-state index contributed by atoms with van der Waals surface area (Å²) in [7, 11) is 0. The Morgan fingerprint density at radius 1 is 0.789 bits per heavy atom. The Morgan fingerprint density at radius 3 is 2.03 bits per heavy atom. The predicted molar refractivity (Wildman–Crippen MR) is 140 cm³/mol. The molecule has 38 heavy (non-hydrogen) atoms. The molecule has 0 unspecified atom stereocenters. The Balaban J connectivity index is 1.44. The quantitative estimate of drug-likeness (QED) is 0.262. The molecule has 1 aromatic heterocycles. The van der Waals surface area contributed by atoms with Crippen molar-refractivity contribution >= 4 is 28.8 Å². The van der Waals surface area contributed by atoms with Crippen LogP contribution in [0, 0.1) is 0 Å². The number of ether oxygens (including phenoxy) is 1. The fraction of sp³-hybridized carbons (Fsp3) is 0.172. The first-order valence-corrected chi connectivity index (χ1v) is 11.9. The standard InChI is InChI=1S/C29H26N2O7/c32-26(18-37-22-13-11-21-12-14-27(33)38-25(21)17-22)30-23(15-19-7-3-1-4-8-19)28(34)31-24(29(35)36)16-20-9-5-2-6-10-20/h1-14,17,23-24H,15-16,18H2,(H,30,32)(H,31,34)(H,35,36)/t23-,24-/m1/s1. The summed E-state index contributed by atoms with van der Waals surface area (Å²) in [6.45, 7) is -0.409. The molecule has 4 rings (SSSR count). The van der Waals surface area contributed by atoms with Crippen molar-refractivity contribution in [3.8, 4) is 5.75 Å². The van der Waals surface area contributed by atoms with Gasteiger partial charge in [0, 0.05) is 30.4 Å². The van der Waals surface area contributed by atoms with Crippen LogP contribution in [-0.4, -0.2) is 41.6 Å². The van der Waals surface area contributed by atoms with Crippen LogP contribution < -0.4 is 21.0 Å². The molecule has 0 fully saturated rings. The zero-order chi connectivity index (χ0) is 26.9. The largest absolute Gasteiger partial charge is 0.484 e. The fourth-order valence-electron chi connectivity index (χ4n) is 3.90. The number of aliphatic carboxylic acids is 1. The van der Waals surface area contributed by atoms with Crippen LogP contribution >= 0.6 is 0 Å². The SMILES string of the molecule is O=C(COc1ccc2ccc(=O)oc2c1)N[C@H](Cc1ccccc1)C(=O)N[C@H](Cc1ccccc1)C(=O)O. The van der Waals surface area contributed by atoms with Crippen molar-refractivity contribution in [3.63, 3.8) is 0 Å². The van der Waals surface area contributed by atoms with E-state index < -0.39 is 42.1 Å². The smallest absolute Gasteiger partial charge is 0.336 e. The maximum absolute atomic E-state index is 13.2. The number of nitrogens with one attached hydrogen (secondary N) is 2. The third-order valence-corrected chi connectivity index (χ3v) is 5.80. The third-order valence-electron chi connectivity index (χ3n) is 5.80. The number of fused-ring (bicyclic) bond motifs is 1. The highest BCUT2D eigenvalue weighted by atomic mass is 16.5. The maximum atomic E-state index is 13.2. The Morgan fingerprint density at radius 2 is 1.39 bits per heavy atom. The maximum Gasteiger partial charge on any atom is 0.336 e. The average molecular weight is 515 g/mol. The molecule has 9 nitrogen and oxygen atoms in total. The first-order valence-electron chi connectivity index (χ1n) is 11.9. The second-order valence-electron chi connectivity index (χ2n) is 8.64. The van der Waals surface area contributed by atoms with Crippen LogP contribution in [0.1, 0.15) is 11.1 Å².